The van der Waals surface area contributed by atoms with Crippen molar-refractivity contribution in [3.8, 4) is 0 Å². The molecule has 0 bridgehead atoms. The molecule has 14 heavy (non-hydrogen) atoms. The van der Waals surface area contributed by atoms with E-state index in [1.54, 1.807) is 0 Å². The second-order valence-corrected chi connectivity index (χ2v) is 4.96. The summed E-state index contributed by atoms with van der Waals surface area (Å²) in [7, 11) is 0. The number of rotatable bonds is 4. The highest BCUT2D eigenvalue weighted by Crippen LogP contribution is 2.33. The molecule has 2 rings (SSSR count). The van der Waals surface area contributed by atoms with Gasteiger partial charge in [-0.3, -0.25) is 0 Å². The molecule has 0 unspecified atom stereocenters. The van der Waals surface area contributed by atoms with Crippen LogP contribution >= 0.6 is 27.5 Å². The first-order valence-corrected chi connectivity index (χ1v) is 6.12. The Hall–Kier alpha value is -0.210. The molecular formula is C11H13BrClN. The third kappa shape index (κ3) is 2.64. The summed E-state index contributed by atoms with van der Waals surface area (Å²) in [6.45, 7) is 1.05. The van der Waals surface area contributed by atoms with Crippen LogP contribution in [-0.2, 0) is 0 Å². The molecule has 1 aliphatic rings. The lowest BCUT2D eigenvalue weighted by Gasteiger charge is -2.08. The zero-order valence-corrected chi connectivity index (χ0v) is 10.2. The van der Waals surface area contributed by atoms with Crippen LogP contribution in [0.1, 0.15) is 19.3 Å². The normalized spacial score (nSPS) is 15.6. The Kier molecular flexibility index (Phi) is 3.34. The van der Waals surface area contributed by atoms with Crippen LogP contribution in [0.3, 0.4) is 0 Å². The fourth-order valence-electron chi connectivity index (χ4n) is 1.46. The first-order valence-electron chi connectivity index (χ1n) is 4.95. The van der Waals surface area contributed by atoms with Crippen molar-refractivity contribution in [2.24, 2.45) is 5.92 Å². The highest BCUT2D eigenvalue weighted by molar-refractivity contribution is 9.10. The predicted molar refractivity (Wildman–Crippen MR) is 65.0 cm³/mol. The van der Waals surface area contributed by atoms with Crippen molar-refractivity contribution in [2.75, 3.05) is 11.9 Å². The molecule has 1 aromatic carbocycles. The van der Waals surface area contributed by atoms with Crippen LogP contribution in [0.4, 0.5) is 5.69 Å². The molecule has 0 aliphatic heterocycles. The van der Waals surface area contributed by atoms with Crippen LogP contribution in [0, 0.1) is 5.92 Å². The molecule has 1 aromatic rings. The first-order chi connectivity index (χ1) is 6.77. The minimum atomic E-state index is 0.765. The molecule has 0 radical (unpaired) electrons. The summed E-state index contributed by atoms with van der Waals surface area (Å²) in [6.07, 6.45) is 4.11. The van der Waals surface area contributed by atoms with Crippen LogP contribution in [0.2, 0.25) is 5.02 Å². The summed E-state index contributed by atoms with van der Waals surface area (Å²) in [4.78, 5) is 0. The monoisotopic (exact) mass is 273 g/mol. The summed E-state index contributed by atoms with van der Waals surface area (Å²) >= 11 is 9.45. The Bertz CT molecular complexity index is 323. The van der Waals surface area contributed by atoms with E-state index in [1.807, 2.05) is 18.2 Å². The van der Waals surface area contributed by atoms with Crippen molar-refractivity contribution in [1.82, 2.24) is 0 Å². The SMILES string of the molecule is Clc1cccc(NCCC2CC2)c1Br. The standard InChI is InChI=1S/C11H13BrClN/c12-11-9(13)2-1-3-10(11)14-7-6-8-4-5-8/h1-3,8,14H,4-7H2. The molecule has 3 heteroatoms. The lowest BCUT2D eigenvalue weighted by Crippen LogP contribution is -2.02. The highest BCUT2D eigenvalue weighted by Gasteiger charge is 2.20. The van der Waals surface area contributed by atoms with Gasteiger partial charge in [-0.05, 0) is 40.4 Å². The van der Waals surface area contributed by atoms with E-state index in [4.69, 9.17) is 11.6 Å². The van der Waals surface area contributed by atoms with Gasteiger partial charge in [0.25, 0.3) is 0 Å². The van der Waals surface area contributed by atoms with Crippen LogP contribution in [0.5, 0.6) is 0 Å². The maximum Gasteiger partial charge on any atom is 0.0593 e. The third-order valence-corrected chi connectivity index (χ3v) is 3.91. The van der Waals surface area contributed by atoms with Gasteiger partial charge in [0.2, 0.25) is 0 Å². The molecule has 0 heterocycles. The van der Waals surface area contributed by atoms with E-state index in [1.165, 1.54) is 19.3 Å². The van der Waals surface area contributed by atoms with Gasteiger partial charge >= 0.3 is 0 Å². The van der Waals surface area contributed by atoms with E-state index < -0.39 is 0 Å². The maximum atomic E-state index is 5.98. The van der Waals surface area contributed by atoms with Crippen molar-refractivity contribution in [1.29, 1.82) is 0 Å². The quantitative estimate of drug-likeness (QED) is 0.862. The van der Waals surface area contributed by atoms with Crippen molar-refractivity contribution in [2.45, 2.75) is 19.3 Å². The average molecular weight is 275 g/mol. The Labute approximate surface area is 98.0 Å². The minimum Gasteiger partial charge on any atom is -0.384 e. The predicted octanol–water partition coefficient (Wildman–Crippen LogP) is 4.31. The smallest absolute Gasteiger partial charge is 0.0593 e. The number of halogens is 2. The van der Waals surface area contributed by atoms with E-state index in [2.05, 4.69) is 21.2 Å². The average Bonchev–Trinajstić information content (AvgIpc) is 2.96. The Morgan fingerprint density at radius 2 is 2.21 bits per heavy atom. The Morgan fingerprint density at radius 3 is 2.93 bits per heavy atom. The van der Waals surface area contributed by atoms with Crippen molar-refractivity contribution in [3.05, 3.63) is 27.7 Å². The molecule has 76 valence electrons. The van der Waals surface area contributed by atoms with E-state index in [9.17, 15) is 0 Å². The van der Waals surface area contributed by atoms with Crippen molar-refractivity contribution < 1.29 is 0 Å². The summed E-state index contributed by atoms with van der Waals surface area (Å²) in [5.74, 6) is 0.973. The topological polar surface area (TPSA) is 12.0 Å². The Balaban J connectivity index is 1.90. The van der Waals surface area contributed by atoms with E-state index >= 15 is 0 Å². The number of anilines is 1. The molecule has 1 nitrogen and oxygen atoms in total. The number of hydrogen-bond donors (Lipinski definition) is 1. The zero-order valence-electron chi connectivity index (χ0n) is 7.89. The summed E-state index contributed by atoms with van der Waals surface area (Å²) in [5.41, 5.74) is 1.10. The molecule has 1 N–H and O–H groups in total. The van der Waals surface area contributed by atoms with Gasteiger partial charge in [-0.1, -0.05) is 30.5 Å². The number of hydrogen-bond acceptors (Lipinski definition) is 1. The fraction of sp³-hybridized carbons (Fsp3) is 0.455. The van der Waals surface area contributed by atoms with Crippen LogP contribution < -0.4 is 5.32 Å². The van der Waals surface area contributed by atoms with Gasteiger partial charge in [-0.2, -0.15) is 0 Å². The molecule has 0 aromatic heterocycles. The highest BCUT2D eigenvalue weighted by atomic mass is 79.9. The summed E-state index contributed by atoms with van der Waals surface area (Å²) < 4.78 is 0.970. The second-order valence-electron chi connectivity index (χ2n) is 3.76. The molecule has 1 saturated carbocycles. The lowest BCUT2D eigenvalue weighted by atomic mass is 10.2. The largest absolute Gasteiger partial charge is 0.384 e. The molecule has 0 atom stereocenters. The molecule has 1 aliphatic carbocycles. The van der Waals surface area contributed by atoms with Gasteiger partial charge in [0.15, 0.2) is 0 Å². The van der Waals surface area contributed by atoms with E-state index in [0.29, 0.717) is 0 Å². The van der Waals surface area contributed by atoms with Gasteiger partial charge < -0.3 is 5.32 Å². The summed E-state index contributed by atoms with van der Waals surface area (Å²) in [5, 5.41) is 4.16. The Morgan fingerprint density at radius 1 is 1.43 bits per heavy atom. The van der Waals surface area contributed by atoms with Crippen molar-refractivity contribution >= 4 is 33.2 Å². The number of nitrogens with one attached hydrogen (secondary N) is 1. The third-order valence-electron chi connectivity index (χ3n) is 2.52. The second kappa shape index (κ2) is 4.54. The zero-order chi connectivity index (χ0) is 9.97. The van der Waals surface area contributed by atoms with Crippen LogP contribution in [-0.4, -0.2) is 6.54 Å². The molecule has 0 amide bonds. The molecule has 1 fully saturated rings. The minimum absolute atomic E-state index is 0.765. The lowest BCUT2D eigenvalue weighted by molar-refractivity contribution is 0.760. The maximum absolute atomic E-state index is 5.98. The van der Waals surface area contributed by atoms with Gasteiger partial charge in [0.05, 0.1) is 9.50 Å². The molecule has 0 spiro atoms. The van der Waals surface area contributed by atoms with E-state index in [-0.39, 0.29) is 0 Å². The van der Waals surface area contributed by atoms with Gasteiger partial charge in [0, 0.05) is 12.2 Å². The first kappa shape index (κ1) is 10.3. The number of benzene rings is 1. The van der Waals surface area contributed by atoms with Gasteiger partial charge in [0.1, 0.15) is 0 Å². The van der Waals surface area contributed by atoms with Crippen LogP contribution in [0.15, 0.2) is 22.7 Å². The fourth-order valence-corrected chi connectivity index (χ4v) is 2.04. The van der Waals surface area contributed by atoms with Crippen molar-refractivity contribution in [3.63, 3.8) is 0 Å². The summed E-state index contributed by atoms with van der Waals surface area (Å²) in [6, 6.07) is 5.90. The van der Waals surface area contributed by atoms with Gasteiger partial charge in [-0.15, -0.1) is 0 Å². The van der Waals surface area contributed by atoms with Crippen LogP contribution in [0.25, 0.3) is 0 Å². The van der Waals surface area contributed by atoms with E-state index in [0.717, 1.165) is 27.6 Å². The molecular weight excluding hydrogens is 261 g/mol. The molecule has 0 saturated heterocycles. The van der Waals surface area contributed by atoms with Gasteiger partial charge in [-0.25, -0.2) is 0 Å².